The van der Waals surface area contributed by atoms with E-state index < -0.39 is 0 Å². The first-order valence-corrected chi connectivity index (χ1v) is 5.67. The van der Waals surface area contributed by atoms with Gasteiger partial charge < -0.3 is 10.5 Å². The zero-order chi connectivity index (χ0) is 12.8. The van der Waals surface area contributed by atoms with E-state index in [-0.39, 0.29) is 0 Å². The zero-order valence-electron chi connectivity index (χ0n) is 10.8. The van der Waals surface area contributed by atoms with Gasteiger partial charge >= 0.3 is 0 Å². The Kier molecular flexibility index (Phi) is 4.57. The minimum absolute atomic E-state index is 0.531. The number of hydrogen-bond donors (Lipinski definition) is 1. The highest BCUT2D eigenvalue weighted by Crippen LogP contribution is 2.16. The van der Waals surface area contributed by atoms with E-state index >= 15 is 0 Å². The van der Waals surface area contributed by atoms with Gasteiger partial charge in [0, 0.05) is 11.8 Å². The second kappa shape index (κ2) is 5.94. The number of ether oxygens (including phenoxy) is 1. The molecule has 2 aromatic rings. The molecule has 0 atom stereocenters. The maximum atomic E-state index is 5.62. The second-order valence-electron chi connectivity index (χ2n) is 3.32. The smallest absolute Gasteiger partial charge is 0.146 e. The number of methoxy groups -OCH3 is 1. The third kappa shape index (κ3) is 3.00. The Labute approximate surface area is 102 Å². The maximum absolute atomic E-state index is 5.62. The van der Waals surface area contributed by atoms with Gasteiger partial charge in [0.15, 0.2) is 0 Å². The van der Waals surface area contributed by atoms with Crippen molar-refractivity contribution in [3.8, 4) is 11.4 Å². The maximum Gasteiger partial charge on any atom is 0.146 e. The van der Waals surface area contributed by atoms with E-state index in [1.165, 1.54) is 0 Å². The van der Waals surface area contributed by atoms with Gasteiger partial charge in [-0.15, -0.1) is 0 Å². The van der Waals surface area contributed by atoms with Crippen LogP contribution in [0.1, 0.15) is 19.5 Å². The lowest BCUT2D eigenvalue weighted by molar-refractivity contribution is 0.414. The molecule has 4 heteroatoms. The fraction of sp³-hybridized carbons (Fsp3) is 0.308. The van der Waals surface area contributed by atoms with Crippen LogP contribution in [0, 0.1) is 6.92 Å². The molecular weight excluding hydrogens is 214 g/mol. The van der Waals surface area contributed by atoms with Crippen molar-refractivity contribution in [2.24, 2.45) is 0 Å². The minimum atomic E-state index is 0.531. The average Bonchev–Trinajstić information content (AvgIpc) is 2.71. The van der Waals surface area contributed by atoms with E-state index in [0.717, 1.165) is 17.1 Å². The van der Waals surface area contributed by atoms with Gasteiger partial charge in [-0.3, -0.25) is 0 Å². The summed E-state index contributed by atoms with van der Waals surface area (Å²) in [4.78, 5) is 0. The van der Waals surface area contributed by atoms with Crippen LogP contribution in [0.5, 0.6) is 5.75 Å². The summed E-state index contributed by atoms with van der Waals surface area (Å²) in [5.74, 6) is 1.36. The number of nitrogen functional groups attached to an aromatic ring is 1. The zero-order valence-corrected chi connectivity index (χ0v) is 10.8. The molecule has 2 rings (SSSR count). The average molecular weight is 233 g/mol. The Bertz CT molecular complexity index is 460. The van der Waals surface area contributed by atoms with Gasteiger partial charge in [0.2, 0.25) is 0 Å². The monoisotopic (exact) mass is 233 g/mol. The molecule has 0 aliphatic carbocycles. The Balaban J connectivity index is 0.000000686. The molecule has 1 heterocycles. The summed E-state index contributed by atoms with van der Waals surface area (Å²) < 4.78 is 6.89. The summed E-state index contributed by atoms with van der Waals surface area (Å²) in [7, 11) is 1.64. The normalized spacial score (nSPS) is 9.41. The van der Waals surface area contributed by atoms with Gasteiger partial charge in [-0.2, -0.15) is 5.10 Å². The van der Waals surface area contributed by atoms with Crippen LogP contribution in [0.25, 0.3) is 5.69 Å². The molecule has 4 nitrogen and oxygen atoms in total. The number of anilines is 1. The number of aryl methyl sites for hydroxylation is 1. The van der Waals surface area contributed by atoms with Gasteiger partial charge in [-0.05, 0) is 31.2 Å². The first-order chi connectivity index (χ1) is 8.20. The van der Waals surface area contributed by atoms with E-state index in [9.17, 15) is 0 Å². The highest BCUT2D eigenvalue weighted by atomic mass is 16.5. The van der Waals surface area contributed by atoms with Crippen molar-refractivity contribution >= 4 is 5.82 Å². The number of nitrogens with two attached hydrogens (primary N) is 1. The number of aromatic nitrogens is 2. The third-order valence-corrected chi connectivity index (χ3v) is 2.22. The third-order valence-electron chi connectivity index (χ3n) is 2.22. The van der Waals surface area contributed by atoms with Gasteiger partial charge in [0.1, 0.15) is 11.6 Å². The van der Waals surface area contributed by atoms with Crippen LogP contribution < -0.4 is 10.5 Å². The minimum Gasteiger partial charge on any atom is -0.497 e. The quantitative estimate of drug-likeness (QED) is 0.867. The molecule has 1 aromatic heterocycles. The highest BCUT2D eigenvalue weighted by molar-refractivity contribution is 5.41. The molecule has 0 bridgehead atoms. The predicted octanol–water partition coefficient (Wildman–Crippen LogP) is 2.80. The van der Waals surface area contributed by atoms with E-state index in [2.05, 4.69) is 5.10 Å². The van der Waals surface area contributed by atoms with Gasteiger partial charge in [0.05, 0.1) is 12.8 Å². The molecule has 0 unspecified atom stereocenters. The SMILES string of the molecule is CC.COc1ccc(-n2nc(N)cc2C)cc1. The van der Waals surface area contributed by atoms with E-state index in [1.54, 1.807) is 11.8 Å². The lowest BCUT2D eigenvalue weighted by atomic mass is 10.3. The number of hydrogen-bond acceptors (Lipinski definition) is 3. The number of rotatable bonds is 2. The molecule has 0 saturated heterocycles. The lowest BCUT2D eigenvalue weighted by Gasteiger charge is -2.05. The Morgan fingerprint density at radius 1 is 1.18 bits per heavy atom. The number of benzene rings is 1. The molecule has 1 aromatic carbocycles. The molecule has 0 fully saturated rings. The molecule has 0 aliphatic rings. The summed E-state index contributed by atoms with van der Waals surface area (Å²) in [6.07, 6.45) is 0. The van der Waals surface area contributed by atoms with Crippen molar-refractivity contribution in [1.82, 2.24) is 9.78 Å². The van der Waals surface area contributed by atoms with Crippen molar-refractivity contribution < 1.29 is 4.74 Å². The first-order valence-electron chi connectivity index (χ1n) is 5.67. The van der Waals surface area contributed by atoms with E-state index in [1.807, 2.05) is 51.1 Å². The van der Waals surface area contributed by atoms with Crippen LogP contribution in [0.4, 0.5) is 5.82 Å². The Morgan fingerprint density at radius 2 is 1.76 bits per heavy atom. The summed E-state index contributed by atoms with van der Waals surface area (Å²) >= 11 is 0. The van der Waals surface area contributed by atoms with Crippen molar-refractivity contribution in [2.45, 2.75) is 20.8 Å². The van der Waals surface area contributed by atoms with Gasteiger partial charge in [-0.1, -0.05) is 13.8 Å². The Hall–Kier alpha value is -1.97. The topological polar surface area (TPSA) is 53.1 Å². The van der Waals surface area contributed by atoms with Gasteiger partial charge in [0.25, 0.3) is 0 Å². The van der Waals surface area contributed by atoms with Crippen molar-refractivity contribution in [1.29, 1.82) is 0 Å². The van der Waals surface area contributed by atoms with Crippen LogP contribution in [-0.4, -0.2) is 16.9 Å². The lowest BCUT2D eigenvalue weighted by Crippen LogP contribution is -1.99. The standard InChI is InChI=1S/C11H13N3O.C2H6/c1-8-7-11(12)13-14(8)9-3-5-10(15-2)6-4-9;1-2/h3-7H,1-2H3,(H2,12,13);1-2H3. The molecule has 92 valence electrons. The molecule has 0 aliphatic heterocycles. The number of nitrogens with zero attached hydrogens (tertiary/aromatic N) is 2. The van der Waals surface area contributed by atoms with Crippen LogP contribution >= 0.6 is 0 Å². The largest absolute Gasteiger partial charge is 0.497 e. The molecule has 0 spiro atoms. The van der Waals surface area contributed by atoms with Crippen molar-refractivity contribution in [3.05, 3.63) is 36.0 Å². The van der Waals surface area contributed by atoms with Crippen molar-refractivity contribution in [2.75, 3.05) is 12.8 Å². The van der Waals surface area contributed by atoms with Crippen LogP contribution in [-0.2, 0) is 0 Å². The molecule has 0 radical (unpaired) electrons. The summed E-state index contributed by atoms with van der Waals surface area (Å²) in [6.45, 7) is 5.97. The molecule has 0 saturated carbocycles. The first kappa shape index (κ1) is 13.1. The predicted molar refractivity (Wildman–Crippen MR) is 70.6 cm³/mol. The summed E-state index contributed by atoms with van der Waals surface area (Å²) in [6, 6.07) is 9.51. The van der Waals surface area contributed by atoms with Gasteiger partial charge in [-0.25, -0.2) is 4.68 Å². The van der Waals surface area contributed by atoms with E-state index in [4.69, 9.17) is 10.5 Å². The molecular formula is C13H19N3O. The van der Waals surface area contributed by atoms with Crippen LogP contribution in [0.15, 0.2) is 30.3 Å². The molecule has 17 heavy (non-hydrogen) atoms. The fourth-order valence-electron chi connectivity index (χ4n) is 1.48. The highest BCUT2D eigenvalue weighted by Gasteiger charge is 2.03. The molecule has 0 amide bonds. The second-order valence-corrected chi connectivity index (χ2v) is 3.32. The van der Waals surface area contributed by atoms with Crippen LogP contribution in [0.3, 0.4) is 0 Å². The fourth-order valence-corrected chi connectivity index (χ4v) is 1.48. The van der Waals surface area contributed by atoms with Crippen LogP contribution in [0.2, 0.25) is 0 Å². The Morgan fingerprint density at radius 3 is 2.18 bits per heavy atom. The van der Waals surface area contributed by atoms with E-state index in [0.29, 0.717) is 5.82 Å². The molecule has 2 N–H and O–H groups in total. The summed E-state index contributed by atoms with van der Waals surface area (Å²) in [5, 5.41) is 4.19. The van der Waals surface area contributed by atoms with Crippen molar-refractivity contribution in [3.63, 3.8) is 0 Å². The summed E-state index contributed by atoms with van der Waals surface area (Å²) in [5.41, 5.74) is 7.60.